The van der Waals surface area contributed by atoms with Crippen molar-refractivity contribution in [2.24, 2.45) is 7.05 Å². The molecule has 1 fully saturated rings. The van der Waals surface area contributed by atoms with Gasteiger partial charge in [-0.2, -0.15) is 5.10 Å². The minimum absolute atomic E-state index is 0.182. The smallest absolute Gasteiger partial charge is 0.0860 e. The molecule has 1 aliphatic heterocycles. The van der Waals surface area contributed by atoms with Gasteiger partial charge < -0.3 is 5.11 Å². The highest BCUT2D eigenvalue weighted by Gasteiger charge is 2.22. The SMILES string of the molecule is Cc1nn(C)c(CN2CCC(O)C2)c1Cl. The molecule has 2 heterocycles. The molecule has 0 aliphatic carbocycles. The van der Waals surface area contributed by atoms with Crippen LogP contribution in [-0.4, -0.2) is 39.0 Å². The second kappa shape index (κ2) is 4.12. The molecule has 1 aromatic rings. The Balaban J connectivity index is 2.10. The molecule has 0 saturated carbocycles. The number of hydrogen-bond donors (Lipinski definition) is 1. The van der Waals surface area contributed by atoms with Crippen LogP contribution < -0.4 is 0 Å². The van der Waals surface area contributed by atoms with Gasteiger partial charge in [0.25, 0.3) is 0 Å². The van der Waals surface area contributed by atoms with Gasteiger partial charge in [0.2, 0.25) is 0 Å². The van der Waals surface area contributed by atoms with E-state index in [1.807, 2.05) is 18.7 Å². The number of aromatic nitrogens is 2. The number of aryl methyl sites for hydroxylation is 2. The maximum Gasteiger partial charge on any atom is 0.0860 e. The van der Waals surface area contributed by atoms with E-state index < -0.39 is 0 Å². The van der Waals surface area contributed by atoms with Crippen LogP contribution in [0.1, 0.15) is 17.8 Å². The summed E-state index contributed by atoms with van der Waals surface area (Å²) in [6.45, 7) is 4.35. The van der Waals surface area contributed by atoms with Gasteiger partial charge in [-0.25, -0.2) is 0 Å². The summed E-state index contributed by atoms with van der Waals surface area (Å²) < 4.78 is 1.82. The van der Waals surface area contributed by atoms with Gasteiger partial charge in [0, 0.05) is 26.7 Å². The van der Waals surface area contributed by atoms with E-state index in [9.17, 15) is 5.11 Å². The number of rotatable bonds is 2. The minimum Gasteiger partial charge on any atom is -0.392 e. The molecule has 15 heavy (non-hydrogen) atoms. The van der Waals surface area contributed by atoms with Crippen molar-refractivity contribution in [3.05, 3.63) is 16.4 Å². The van der Waals surface area contributed by atoms with E-state index in [2.05, 4.69) is 10.00 Å². The number of hydrogen-bond acceptors (Lipinski definition) is 3. The molecule has 1 N–H and O–H groups in total. The molecule has 0 spiro atoms. The van der Waals surface area contributed by atoms with Crippen molar-refractivity contribution < 1.29 is 5.11 Å². The highest BCUT2D eigenvalue weighted by Crippen LogP contribution is 2.22. The summed E-state index contributed by atoms with van der Waals surface area (Å²) in [7, 11) is 1.90. The van der Waals surface area contributed by atoms with E-state index in [1.54, 1.807) is 0 Å². The predicted molar refractivity (Wildman–Crippen MR) is 58.9 cm³/mol. The number of aliphatic hydroxyl groups excluding tert-OH is 1. The van der Waals surface area contributed by atoms with Crippen molar-refractivity contribution in [3.63, 3.8) is 0 Å². The van der Waals surface area contributed by atoms with E-state index in [-0.39, 0.29) is 6.10 Å². The van der Waals surface area contributed by atoms with Crippen molar-refractivity contribution in [1.29, 1.82) is 0 Å². The third-order valence-electron chi connectivity index (χ3n) is 2.88. The van der Waals surface area contributed by atoms with E-state index in [0.29, 0.717) is 0 Å². The van der Waals surface area contributed by atoms with Crippen LogP contribution in [0.25, 0.3) is 0 Å². The molecule has 4 nitrogen and oxygen atoms in total. The zero-order chi connectivity index (χ0) is 11.0. The summed E-state index contributed by atoms with van der Waals surface area (Å²) in [4.78, 5) is 2.20. The number of halogens is 1. The van der Waals surface area contributed by atoms with Gasteiger partial charge in [-0.3, -0.25) is 9.58 Å². The highest BCUT2D eigenvalue weighted by molar-refractivity contribution is 6.31. The largest absolute Gasteiger partial charge is 0.392 e. The van der Waals surface area contributed by atoms with Crippen LogP contribution in [0.15, 0.2) is 0 Å². The molecule has 0 radical (unpaired) electrons. The van der Waals surface area contributed by atoms with Crippen molar-refractivity contribution in [2.45, 2.75) is 26.0 Å². The van der Waals surface area contributed by atoms with Gasteiger partial charge in [-0.1, -0.05) is 11.6 Å². The fraction of sp³-hybridized carbons (Fsp3) is 0.700. The second-order valence-corrected chi connectivity index (χ2v) is 4.53. The lowest BCUT2D eigenvalue weighted by Gasteiger charge is -2.14. The van der Waals surface area contributed by atoms with Gasteiger partial charge in [0.1, 0.15) is 0 Å². The summed E-state index contributed by atoms with van der Waals surface area (Å²) in [6, 6.07) is 0. The average molecular weight is 230 g/mol. The summed E-state index contributed by atoms with van der Waals surface area (Å²) in [5, 5.41) is 14.4. The molecule has 5 heteroatoms. The van der Waals surface area contributed by atoms with Crippen molar-refractivity contribution in [1.82, 2.24) is 14.7 Å². The molecule has 1 saturated heterocycles. The van der Waals surface area contributed by atoms with E-state index in [0.717, 1.165) is 42.5 Å². The first-order valence-electron chi connectivity index (χ1n) is 5.16. The highest BCUT2D eigenvalue weighted by atomic mass is 35.5. The maximum atomic E-state index is 9.42. The summed E-state index contributed by atoms with van der Waals surface area (Å²) in [6.07, 6.45) is 0.673. The zero-order valence-corrected chi connectivity index (χ0v) is 9.83. The summed E-state index contributed by atoms with van der Waals surface area (Å²) in [5.41, 5.74) is 1.90. The predicted octanol–water partition coefficient (Wildman–Crippen LogP) is 0.949. The van der Waals surface area contributed by atoms with Crippen LogP contribution in [0.2, 0.25) is 5.02 Å². The molecule has 1 aliphatic rings. The Labute approximate surface area is 94.4 Å². The van der Waals surface area contributed by atoms with Crippen LogP contribution >= 0.6 is 11.6 Å². The molecular weight excluding hydrogens is 214 g/mol. The molecular formula is C10H16ClN3O. The van der Waals surface area contributed by atoms with E-state index >= 15 is 0 Å². The van der Waals surface area contributed by atoms with Crippen molar-refractivity contribution in [3.8, 4) is 0 Å². The standard InChI is InChI=1S/C10H16ClN3O/c1-7-10(11)9(13(2)12-7)6-14-4-3-8(15)5-14/h8,15H,3-6H2,1-2H3. The summed E-state index contributed by atoms with van der Waals surface area (Å²) in [5.74, 6) is 0. The fourth-order valence-electron chi connectivity index (χ4n) is 2.02. The Morgan fingerprint density at radius 3 is 2.80 bits per heavy atom. The lowest BCUT2D eigenvalue weighted by molar-refractivity contribution is 0.174. The quantitative estimate of drug-likeness (QED) is 0.821. The van der Waals surface area contributed by atoms with Crippen LogP contribution in [0.4, 0.5) is 0 Å². The molecule has 1 atom stereocenters. The van der Waals surface area contributed by atoms with Gasteiger partial charge >= 0.3 is 0 Å². The Bertz CT molecular complexity index is 364. The first-order valence-corrected chi connectivity index (χ1v) is 5.54. The number of β-amino-alcohol motifs (C(OH)–C–C–N with tert-alkyl or cyclic N) is 1. The number of aliphatic hydroxyl groups is 1. The molecule has 0 bridgehead atoms. The Hall–Kier alpha value is -0.580. The van der Waals surface area contributed by atoms with Crippen LogP contribution in [-0.2, 0) is 13.6 Å². The number of nitrogens with zero attached hydrogens (tertiary/aromatic N) is 3. The van der Waals surface area contributed by atoms with E-state index in [4.69, 9.17) is 11.6 Å². The lowest BCUT2D eigenvalue weighted by Crippen LogP contribution is -2.23. The van der Waals surface area contributed by atoms with Gasteiger partial charge in [-0.15, -0.1) is 0 Å². The normalized spacial score (nSPS) is 22.5. The minimum atomic E-state index is -0.182. The third-order valence-corrected chi connectivity index (χ3v) is 3.37. The van der Waals surface area contributed by atoms with Crippen LogP contribution in [0.3, 0.4) is 0 Å². The molecule has 1 unspecified atom stereocenters. The third kappa shape index (κ3) is 2.17. The van der Waals surface area contributed by atoms with Crippen LogP contribution in [0.5, 0.6) is 0 Å². The maximum absolute atomic E-state index is 9.42. The molecule has 84 valence electrons. The number of likely N-dealkylation sites (tertiary alicyclic amines) is 1. The van der Waals surface area contributed by atoms with Gasteiger partial charge in [0.05, 0.1) is 22.5 Å². The molecule has 2 rings (SSSR count). The zero-order valence-electron chi connectivity index (χ0n) is 9.07. The van der Waals surface area contributed by atoms with Crippen molar-refractivity contribution >= 4 is 11.6 Å². The first kappa shape index (κ1) is 10.9. The van der Waals surface area contributed by atoms with Gasteiger partial charge in [0.15, 0.2) is 0 Å². The van der Waals surface area contributed by atoms with Crippen LogP contribution in [0, 0.1) is 6.92 Å². The lowest BCUT2D eigenvalue weighted by atomic mass is 10.3. The summed E-state index contributed by atoms with van der Waals surface area (Å²) >= 11 is 6.16. The Morgan fingerprint density at radius 1 is 1.60 bits per heavy atom. The van der Waals surface area contributed by atoms with Crippen molar-refractivity contribution in [2.75, 3.05) is 13.1 Å². The average Bonchev–Trinajstić information content (AvgIpc) is 2.67. The Kier molecular flexibility index (Phi) is 3.00. The topological polar surface area (TPSA) is 41.3 Å². The molecule has 0 aromatic carbocycles. The fourth-order valence-corrected chi connectivity index (χ4v) is 2.24. The van der Waals surface area contributed by atoms with Gasteiger partial charge in [-0.05, 0) is 13.3 Å². The monoisotopic (exact) mass is 229 g/mol. The van der Waals surface area contributed by atoms with E-state index in [1.165, 1.54) is 0 Å². The first-order chi connectivity index (χ1) is 7.08. The molecule has 0 amide bonds. The Morgan fingerprint density at radius 2 is 2.33 bits per heavy atom. The molecule has 1 aromatic heterocycles. The second-order valence-electron chi connectivity index (χ2n) is 4.15.